The van der Waals surface area contributed by atoms with E-state index in [0.29, 0.717) is 6.54 Å². The molecule has 0 radical (unpaired) electrons. The van der Waals surface area contributed by atoms with Gasteiger partial charge in [-0.3, -0.25) is 4.79 Å². The molecule has 1 saturated heterocycles. The minimum atomic E-state index is -0.120. The Labute approximate surface area is 115 Å². The van der Waals surface area contributed by atoms with Crippen LogP contribution in [0.3, 0.4) is 0 Å². The number of nitrogens with one attached hydrogen (secondary N) is 2. The van der Waals surface area contributed by atoms with E-state index in [1.807, 2.05) is 7.05 Å². The van der Waals surface area contributed by atoms with Crippen molar-refractivity contribution in [3.63, 3.8) is 0 Å². The first kappa shape index (κ1) is 13.9. The highest BCUT2D eigenvalue weighted by Crippen LogP contribution is 2.28. The molecule has 0 aromatic heterocycles. The normalized spacial score (nSPS) is 19.4. The lowest BCUT2D eigenvalue weighted by Gasteiger charge is -2.38. The molecule has 1 fully saturated rings. The molecule has 19 heavy (non-hydrogen) atoms. The number of para-hydroxylation sites is 1. The van der Waals surface area contributed by atoms with Crippen molar-refractivity contribution in [2.75, 3.05) is 31.6 Å². The van der Waals surface area contributed by atoms with Crippen molar-refractivity contribution < 1.29 is 4.79 Å². The summed E-state index contributed by atoms with van der Waals surface area (Å²) >= 11 is 0. The summed E-state index contributed by atoms with van der Waals surface area (Å²) in [7, 11) is 1.89. The third-order valence-electron chi connectivity index (χ3n) is 3.72. The standard InChI is InChI=1S/C15H23N3O/c1-4-12-7-5-6-11(2)14(12)18-9-8-17-15(19)13(18)10-16-3/h5-7,13,16H,4,8-10H2,1-3H3,(H,17,19). The van der Waals surface area contributed by atoms with Gasteiger partial charge < -0.3 is 15.5 Å². The van der Waals surface area contributed by atoms with Crippen LogP contribution in [0.15, 0.2) is 18.2 Å². The monoisotopic (exact) mass is 261 g/mol. The Bertz CT molecular complexity index is 459. The molecule has 1 aromatic carbocycles. The minimum absolute atomic E-state index is 0.117. The summed E-state index contributed by atoms with van der Waals surface area (Å²) in [6.07, 6.45) is 0.988. The number of likely N-dealkylation sites (N-methyl/N-ethyl adjacent to an activating group) is 1. The van der Waals surface area contributed by atoms with Crippen molar-refractivity contribution in [3.05, 3.63) is 29.3 Å². The molecule has 0 spiro atoms. The van der Waals surface area contributed by atoms with E-state index >= 15 is 0 Å². The first-order chi connectivity index (χ1) is 9.19. The van der Waals surface area contributed by atoms with E-state index < -0.39 is 0 Å². The molecular formula is C15H23N3O. The third-order valence-corrected chi connectivity index (χ3v) is 3.72. The molecule has 1 aliphatic heterocycles. The SMILES string of the molecule is CCc1cccc(C)c1N1CCNC(=O)C1CNC. The molecule has 4 nitrogen and oxygen atoms in total. The summed E-state index contributed by atoms with van der Waals surface area (Å²) in [6, 6.07) is 6.25. The van der Waals surface area contributed by atoms with E-state index in [-0.39, 0.29) is 11.9 Å². The highest BCUT2D eigenvalue weighted by Gasteiger charge is 2.30. The molecule has 2 N–H and O–H groups in total. The zero-order valence-electron chi connectivity index (χ0n) is 12.0. The molecule has 1 aromatic rings. The number of amides is 1. The van der Waals surface area contributed by atoms with Gasteiger partial charge in [-0.15, -0.1) is 0 Å². The minimum Gasteiger partial charge on any atom is -0.356 e. The van der Waals surface area contributed by atoms with Crippen LogP contribution in [0.25, 0.3) is 0 Å². The van der Waals surface area contributed by atoms with Gasteiger partial charge in [0.25, 0.3) is 0 Å². The smallest absolute Gasteiger partial charge is 0.244 e. The molecule has 2 rings (SSSR count). The van der Waals surface area contributed by atoms with Crippen LogP contribution in [0.2, 0.25) is 0 Å². The van der Waals surface area contributed by atoms with Gasteiger partial charge in [-0.05, 0) is 31.5 Å². The van der Waals surface area contributed by atoms with Crippen molar-refractivity contribution in [2.45, 2.75) is 26.3 Å². The van der Waals surface area contributed by atoms with Crippen LogP contribution in [0.1, 0.15) is 18.1 Å². The van der Waals surface area contributed by atoms with Crippen LogP contribution >= 0.6 is 0 Å². The maximum Gasteiger partial charge on any atom is 0.244 e. The van der Waals surface area contributed by atoms with Gasteiger partial charge in [-0.1, -0.05) is 25.1 Å². The number of hydrogen-bond acceptors (Lipinski definition) is 3. The second-order valence-electron chi connectivity index (χ2n) is 4.99. The van der Waals surface area contributed by atoms with E-state index in [1.54, 1.807) is 0 Å². The maximum absolute atomic E-state index is 12.1. The Balaban J connectivity index is 2.40. The van der Waals surface area contributed by atoms with Gasteiger partial charge in [-0.25, -0.2) is 0 Å². The third kappa shape index (κ3) is 2.73. The van der Waals surface area contributed by atoms with Gasteiger partial charge in [0.2, 0.25) is 5.91 Å². The Morgan fingerprint density at radius 2 is 2.26 bits per heavy atom. The number of rotatable bonds is 4. The zero-order valence-corrected chi connectivity index (χ0v) is 12.0. The molecule has 1 heterocycles. The van der Waals surface area contributed by atoms with Crippen LogP contribution in [0.5, 0.6) is 0 Å². The lowest BCUT2D eigenvalue weighted by Crippen LogP contribution is -2.59. The van der Waals surface area contributed by atoms with E-state index in [9.17, 15) is 4.79 Å². The quantitative estimate of drug-likeness (QED) is 0.852. The van der Waals surface area contributed by atoms with Crippen molar-refractivity contribution >= 4 is 11.6 Å². The summed E-state index contributed by atoms with van der Waals surface area (Å²) in [5.41, 5.74) is 3.80. The molecule has 1 unspecified atom stereocenters. The van der Waals surface area contributed by atoms with Crippen molar-refractivity contribution in [1.82, 2.24) is 10.6 Å². The van der Waals surface area contributed by atoms with E-state index in [0.717, 1.165) is 19.5 Å². The molecule has 0 saturated carbocycles. The lowest BCUT2D eigenvalue weighted by atomic mass is 10.0. The predicted molar refractivity (Wildman–Crippen MR) is 78.6 cm³/mol. The average molecular weight is 261 g/mol. The first-order valence-corrected chi connectivity index (χ1v) is 6.96. The summed E-state index contributed by atoms with van der Waals surface area (Å²) in [6.45, 7) is 6.54. The number of aryl methyl sites for hydroxylation is 2. The summed E-state index contributed by atoms with van der Waals surface area (Å²) in [5.74, 6) is 0.117. The fourth-order valence-corrected chi connectivity index (χ4v) is 2.79. The van der Waals surface area contributed by atoms with E-state index in [1.165, 1.54) is 16.8 Å². The highest BCUT2D eigenvalue weighted by molar-refractivity contribution is 5.87. The number of benzene rings is 1. The molecule has 4 heteroatoms. The molecule has 1 aliphatic rings. The van der Waals surface area contributed by atoms with Crippen molar-refractivity contribution in [2.24, 2.45) is 0 Å². The van der Waals surface area contributed by atoms with E-state index in [2.05, 4.69) is 47.6 Å². The van der Waals surface area contributed by atoms with Gasteiger partial charge in [0.05, 0.1) is 0 Å². The number of hydrogen-bond donors (Lipinski definition) is 2. The summed E-state index contributed by atoms with van der Waals surface area (Å²) in [5, 5.41) is 6.08. The molecule has 1 amide bonds. The topological polar surface area (TPSA) is 44.4 Å². The zero-order chi connectivity index (χ0) is 13.8. The molecule has 1 atom stereocenters. The van der Waals surface area contributed by atoms with Gasteiger partial charge in [0.1, 0.15) is 6.04 Å². The Morgan fingerprint density at radius 3 is 2.95 bits per heavy atom. The summed E-state index contributed by atoms with van der Waals surface area (Å²) < 4.78 is 0. The Kier molecular flexibility index (Phi) is 4.43. The number of nitrogens with zero attached hydrogens (tertiary/aromatic N) is 1. The van der Waals surface area contributed by atoms with Crippen LogP contribution in [-0.2, 0) is 11.2 Å². The first-order valence-electron chi connectivity index (χ1n) is 6.96. The van der Waals surface area contributed by atoms with Crippen LogP contribution in [-0.4, -0.2) is 38.6 Å². The molecular weight excluding hydrogens is 238 g/mol. The average Bonchev–Trinajstić information content (AvgIpc) is 2.41. The number of carbonyl (C=O) groups excluding carboxylic acids is 1. The van der Waals surface area contributed by atoms with Gasteiger partial charge in [0, 0.05) is 25.3 Å². The van der Waals surface area contributed by atoms with Crippen LogP contribution < -0.4 is 15.5 Å². The second-order valence-corrected chi connectivity index (χ2v) is 4.99. The second kappa shape index (κ2) is 6.06. The predicted octanol–water partition coefficient (Wildman–Crippen LogP) is 1.08. The highest BCUT2D eigenvalue weighted by atomic mass is 16.2. The fraction of sp³-hybridized carbons (Fsp3) is 0.533. The van der Waals surface area contributed by atoms with Crippen LogP contribution in [0, 0.1) is 6.92 Å². The number of anilines is 1. The number of carbonyl (C=O) groups is 1. The largest absolute Gasteiger partial charge is 0.356 e. The Morgan fingerprint density at radius 1 is 1.47 bits per heavy atom. The van der Waals surface area contributed by atoms with E-state index in [4.69, 9.17) is 0 Å². The van der Waals surface area contributed by atoms with Crippen molar-refractivity contribution in [1.29, 1.82) is 0 Å². The molecule has 0 bridgehead atoms. The molecule has 0 aliphatic carbocycles. The summed E-state index contributed by atoms with van der Waals surface area (Å²) in [4.78, 5) is 14.3. The lowest BCUT2D eigenvalue weighted by molar-refractivity contribution is -0.123. The molecule has 104 valence electrons. The van der Waals surface area contributed by atoms with Gasteiger partial charge in [0.15, 0.2) is 0 Å². The fourth-order valence-electron chi connectivity index (χ4n) is 2.79. The van der Waals surface area contributed by atoms with Gasteiger partial charge in [-0.2, -0.15) is 0 Å². The van der Waals surface area contributed by atoms with Crippen molar-refractivity contribution in [3.8, 4) is 0 Å². The Hall–Kier alpha value is -1.55. The van der Waals surface area contributed by atoms with Gasteiger partial charge >= 0.3 is 0 Å². The number of piperazine rings is 1. The maximum atomic E-state index is 12.1. The van der Waals surface area contributed by atoms with Crippen LogP contribution in [0.4, 0.5) is 5.69 Å².